The van der Waals surface area contributed by atoms with Crippen molar-refractivity contribution in [2.75, 3.05) is 19.7 Å². The van der Waals surface area contributed by atoms with Crippen LogP contribution in [0.25, 0.3) is 0 Å². The second-order valence-electron chi connectivity index (χ2n) is 4.73. The number of carbonyl (C=O) groups excluding carboxylic acids is 1. The third-order valence-corrected chi connectivity index (χ3v) is 3.35. The van der Waals surface area contributed by atoms with E-state index in [4.69, 9.17) is 15.3 Å². The van der Waals surface area contributed by atoms with Crippen molar-refractivity contribution in [1.29, 1.82) is 0 Å². The van der Waals surface area contributed by atoms with E-state index in [1.54, 1.807) is 4.90 Å². The van der Waals surface area contributed by atoms with Crippen molar-refractivity contribution in [1.82, 2.24) is 10.2 Å². The topological polar surface area (TPSA) is 110 Å². The number of carboxylic acids is 1. The molecule has 1 saturated carbocycles. The Labute approximate surface area is 112 Å². The Balaban J connectivity index is 2.37. The number of amides is 2. The zero-order valence-electron chi connectivity index (χ0n) is 10.9. The second-order valence-corrected chi connectivity index (χ2v) is 4.73. The minimum absolute atomic E-state index is 0.0291. The SMILES string of the molecule is O=C(O)[C@@H](O)CCNC(=O)N(CCO)C1CCCC1. The lowest BCUT2D eigenvalue weighted by Crippen LogP contribution is -2.47. The van der Waals surface area contributed by atoms with Crippen molar-refractivity contribution in [2.24, 2.45) is 0 Å². The number of aliphatic hydroxyl groups is 2. The van der Waals surface area contributed by atoms with Gasteiger partial charge in [-0.2, -0.15) is 0 Å². The highest BCUT2D eigenvalue weighted by Crippen LogP contribution is 2.23. The van der Waals surface area contributed by atoms with Crippen molar-refractivity contribution in [3.8, 4) is 0 Å². The first-order chi connectivity index (χ1) is 9.06. The molecule has 0 heterocycles. The predicted molar refractivity (Wildman–Crippen MR) is 67.7 cm³/mol. The number of hydrogen-bond donors (Lipinski definition) is 4. The van der Waals surface area contributed by atoms with Gasteiger partial charge in [0.05, 0.1) is 6.61 Å². The number of aliphatic hydroxyl groups excluding tert-OH is 2. The van der Waals surface area contributed by atoms with Gasteiger partial charge in [0.15, 0.2) is 6.10 Å². The van der Waals surface area contributed by atoms with Crippen LogP contribution in [0, 0.1) is 0 Å². The molecule has 0 bridgehead atoms. The molecule has 110 valence electrons. The minimum atomic E-state index is -1.46. The van der Waals surface area contributed by atoms with E-state index in [-0.39, 0.29) is 38.2 Å². The van der Waals surface area contributed by atoms with Gasteiger partial charge in [-0.15, -0.1) is 0 Å². The first-order valence-corrected chi connectivity index (χ1v) is 6.62. The van der Waals surface area contributed by atoms with Crippen LogP contribution in [0.1, 0.15) is 32.1 Å². The van der Waals surface area contributed by atoms with Crippen LogP contribution >= 0.6 is 0 Å². The van der Waals surface area contributed by atoms with Crippen molar-refractivity contribution < 1.29 is 24.9 Å². The standard InChI is InChI=1S/C12H22N2O5/c15-8-7-14(9-3-1-2-4-9)12(19)13-6-5-10(16)11(17)18/h9-10,15-16H,1-8H2,(H,13,19)(H,17,18)/t10-/m0/s1. The molecule has 7 nitrogen and oxygen atoms in total. The van der Waals surface area contributed by atoms with Crippen molar-refractivity contribution in [2.45, 2.75) is 44.2 Å². The van der Waals surface area contributed by atoms with Crippen LogP contribution in [0.15, 0.2) is 0 Å². The minimum Gasteiger partial charge on any atom is -0.479 e. The Kier molecular flexibility index (Phi) is 6.58. The molecule has 1 atom stereocenters. The number of nitrogens with one attached hydrogen (secondary N) is 1. The molecule has 0 spiro atoms. The summed E-state index contributed by atoms with van der Waals surface area (Å²) in [5.74, 6) is -1.29. The summed E-state index contributed by atoms with van der Waals surface area (Å²) in [7, 11) is 0. The average molecular weight is 274 g/mol. The van der Waals surface area contributed by atoms with E-state index in [0.717, 1.165) is 25.7 Å². The fourth-order valence-corrected chi connectivity index (χ4v) is 2.31. The molecule has 1 rings (SSSR count). The van der Waals surface area contributed by atoms with Crippen LogP contribution in [0.3, 0.4) is 0 Å². The van der Waals surface area contributed by atoms with Crippen LogP contribution in [0.5, 0.6) is 0 Å². The lowest BCUT2D eigenvalue weighted by molar-refractivity contribution is -0.146. The predicted octanol–water partition coefficient (Wildman–Crippen LogP) is -0.231. The molecular weight excluding hydrogens is 252 g/mol. The second kappa shape index (κ2) is 7.96. The third-order valence-electron chi connectivity index (χ3n) is 3.35. The van der Waals surface area contributed by atoms with Crippen LogP contribution in [0.4, 0.5) is 4.79 Å². The molecular formula is C12H22N2O5. The third kappa shape index (κ3) is 5.04. The van der Waals surface area contributed by atoms with E-state index in [2.05, 4.69) is 5.32 Å². The van der Waals surface area contributed by atoms with Gasteiger partial charge in [-0.05, 0) is 12.8 Å². The fraction of sp³-hybridized carbons (Fsp3) is 0.833. The zero-order valence-corrected chi connectivity index (χ0v) is 10.9. The van der Waals surface area contributed by atoms with Crippen molar-refractivity contribution in [3.05, 3.63) is 0 Å². The summed E-state index contributed by atoms with van der Waals surface area (Å²) >= 11 is 0. The Morgan fingerprint density at radius 3 is 2.47 bits per heavy atom. The van der Waals surface area contributed by atoms with Gasteiger partial charge < -0.3 is 25.5 Å². The summed E-state index contributed by atoms with van der Waals surface area (Å²) in [5, 5.41) is 29.2. The van der Waals surface area contributed by atoms with Crippen LogP contribution < -0.4 is 5.32 Å². The lowest BCUT2D eigenvalue weighted by atomic mass is 10.2. The number of carbonyl (C=O) groups is 2. The molecule has 0 aromatic rings. The highest BCUT2D eigenvalue weighted by atomic mass is 16.4. The molecule has 2 amide bonds. The Hall–Kier alpha value is -1.34. The van der Waals surface area contributed by atoms with E-state index < -0.39 is 12.1 Å². The normalized spacial score (nSPS) is 17.2. The smallest absolute Gasteiger partial charge is 0.332 e. The number of hydrogen-bond acceptors (Lipinski definition) is 4. The van der Waals surface area contributed by atoms with Crippen LogP contribution in [0.2, 0.25) is 0 Å². The Morgan fingerprint density at radius 2 is 1.95 bits per heavy atom. The molecule has 0 aromatic carbocycles. The summed E-state index contributed by atoms with van der Waals surface area (Å²) in [5.41, 5.74) is 0. The number of carboxylic acid groups (broad SMARTS) is 1. The zero-order chi connectivity index (χ0) is 14.3. The number of aliphatic carboxylic acids is 1. The largest absolute Gasteiger partial charge is 0.479 e. The monoisotopic (exact) mass is 274 g/mol. The van der Waals surface area contributed by atoms with E-state index >= 15 is 0 Å². The first-order valence-electron chi connectivity index (χ1n) is 6.62. The van der Waals surface area contributed by atoms with E-state index in [9.17, 15) is 9.59 Å². The van der Waals surface area contributed by atoms with Gasteiger partial charge >= 0.3 is 12.0 Å². The average Bonchev–Trinajstić information content (AvgIpc) is 2.88. The van der Waals surface area contributed by atoms with E-state index in [1.165, 1.54) is 0 Å². The van der Waals surface area contributed by atoms with Gasteiger partial charge in [-0.3, -0.25) is 0 Å². The molecule has 4 N–H and O–H groups in total. The molecule has 7 heteroatoms. The number of rotatable bonds is 7. The fourth-order valence-electron chi connectivity index (χ4n) is 2.31. The summed E-state index contributed by atoms with van der Waals surface area (Å²) < 4.78 is 0. The van der Waals surface area contributed by atoms with Gasteiger partial charge in [-0.1, -0.05) is 12.8 Å². The molecule has 1 aliphatic carbocycles. The van der Waals surface area contributed by atoms with Crippen molar-refractivity contribution >= 4 is 12.0 Å². The molecule has 1 fully saturated rings. The highest BCUT2D eigenvalue weighted by molar-refractivity contribution is 5.75. The summed E-state index contributed by atoms with van der Waals surface area (Å²) in [6.45, 7) is 0.278. The maximum atomic E-state index is 11.9. The molecule has 1 aliphatic rings. The maximum absolute atomic E-state index is 11.9. The summed E-state index contributed by atoms with van der Waals surface area (Å²) in [6, 6.07) is -0.157. The highest BCUT2D eigenvalue weighted by Gasteiger charge is 2.26. The van der Waals surface area contributed by atoms with Crippen molar-refractivity contribution in [3.63, 3.8) is 0 Å². The van der Waals surface area contributed by atoms with Crippen LogP contribution in [-0.4, -0.2) is 64.1 Å². The number of nitrogens with zero attached hydrogens (tertiary/aromatic N) is 1. The first kappa shape index (κ1) is 15.7. The summed E-state index contributed by atoms with van der Waals surface area (Å²) in [6.07, 6.45) is 2.54. The van der Waals surface area contributed by atoms with Crippen LogP contribution in [-0.2, 0) is 4.79 Å². The lowest BCUT2D eigenvalue weighted by Gasteiger charge is -2.28. The number of urea groups is 1. The Bertz CT molecular complexity index is 304. The molecule has 19 heavy (non-hydrogen) atoms. The molecule has 0 unspecified atom stereocenters. The molecule has 0 radical (unpaired) electrons. The van der Waals surface area contributed by atoms with E-state index in [1.807, 2.05) is 0 Å². The summed E-state index contributed by atoms with van der Waals surface area (Å²) in [4.78, 5) is 24.0. The molecule has 0 aromatic heterocycles. The maximum Gasteiger partial charge on any atom is 0.332 e. The van der Waals surface area contributed by atoms with Gasteiger partial charge in [0, 0.05) is 25.6 Å². The van der Waals surface area contributed by atoms with Gasteiger partial charge in [0.25, 0.3) is 0 Å². The quantitative estimate of drug-likeness (QED) is 0.512. The molecule has 0 aliphatic heterocycles. The van der Waals surface area contributed by atoms with Gasteiger partial charge in [0.2, 0.25) is 0 Å². The van der Waals surface area contributed by atoms with Gasteiger partial charge in [0.1, 0.15) is 0 Å². The van der Waals surface area contributed by atoms with Gasteiger partial charge in [-0.25, -0.2) is 9.59 Å². The van der Waals surface area contributed by atoms with E-state index in [0.29, 0.717) is 0 Å². The Morgan fingerprint density at radius 1 is 1.32 bits per heavy atom. The molecule has 0 saturated heterocycles.